The Hall–Kier alpha value is -1.05. The normalized spacial score (nSPS) is 12.8. The smallest absolute Gasteiger partial charge is 0.0380 e. The summed E-state index contributed by atoms with van der Waals surface area (Å²) in [6, 6.07) is 1.88. The van der Waals surface area contributed by atoms with Crippen molar-refractivity contribution >= 4 is 5.69 Å². The van der Waals surface area contributed by atoms with E-state index in [1.165, 1.54) is 18.4 Å². The molecule has 0 spiro atoms. The largest absolute Gasteiger partial charge is 0.398 e. The van der Waals surface area contributed by atoms with Gasteiger partial charge in [-0.2, -0.15) is 0 Å². The van der Waals surface area contributed by atoms with Crippen molar-refractivity contribution in [2.24, 2.45) is 0 Å². The number of nitrogens with zero attached hydrogens (tertiary/aromatic N) is 1. The lowest BCUT2D eigenvalue weighted by Gasteiger charge is -2.15. The van der Waals surface area contributed by atoms with Gasteiger partial charge in [-0.15, -0.1) is 0 Å². The zero-order valence-corrected chi connectivity index (χ0v) is 8.46. The summed E-state index contributed by atoms with van der Waals surface area (Å²) < 4.78 is 0. The number of nitrogens with two attached hydrogens (primary N) is 1. The van der Waals surface area contributed by atoms with Crippen LogP contribution in [0.5, 0.6) is 0 Å². The van der Waals surface area contributed by atoms with Gasteiger partial charge in [0.15, 0.2) is 0 Å². The predicted molar refractivity (Wildman–Crippen MR) is 56.6 cm³/mol. The van der Waals surface area contributed by atoms with E-state index in [0.717, 1.165) is 12.1 Å². The number of aromatic nitrogens is 1. The molecule has 72 valence electrons. The standard InChI is InChI=1S/C11H18N2/c1-3-5-9(4-2)10-8-13-7-6-11(10)12/h6-9H,3-5H2,1-2H3,(H2,12,13). The first-order valence-electron chi connectivity index (χ1n) is 4.99. The Bertz CT molecular complexity index is 258. The summed E-state index contributed by atoms with van der Waals surface area (Å²) in [6.45, 7) is 4.40. The van der Waals surface area contributed by atoms with E-state index in [2.05, 4.69) is 18.8 Å². The average molecular weight is 178 g/mol. The van der Waals surface area contributed by atoms with Gasteiger partial charge in [0.1, 0.15) is 0 Å². The molecule has 1 unspecified atom stereocenters. The second kappa shape index (κ2) is 4.85. The van der Waals surface area contributed by atoms with Crippen molar-refractivity contribution < 1.29 is 0 Å². The lowest BCUT2D eigenvalue weighted by molar-refractivity contribution is 0.595. The summed E-state index contributed by atoms with van der Waals surface area (Å²) in [6.07, 6.45) is 7.19. The SMILES string of the molecule is CCCC(CC)c1cnccc1N. The number of rotatable bonds is 4. The van der Waals surface area contributed by atoms with E-state index in [4.69, 9.17) is 5.73 Å². The minimum Gasteiger partial charge on any atom is -0.398 e. The van der Waals surface area contributed by atoms with Crippen LogP contribution in [0.1, 0.15) is 44.6 Å². The molecule has 2 N–H and O–H groups in total. The van der Waals surface area contributed by atoms with Gasteiger partial charge in [0, 0.05) is 18.1 Å². The zero-order chi connectivity index (χ0) is 9.68. The molecule has 0 fully saturated rings. The van der Waals surface area contributed by atoms with E-state index in [9.17, 15) is 0 Å². The molecular formula is C11H18N2. The second-order valence-corrected chi connectivity index (χ2v) is 3.40. The molecule has 1 atom stereocenters. The van der Waals surface area contributed by atoms with Crippen molar-refractivity contribution in [1.82, 2.24) is 4.98 Å². The predicted octanol–water partition coefficient (Wildman–Crippen LogP) is 2.96. The minimum absolute atomic E-state index is 0.582. The van der Waals surface area contributed by atoms with Gasteiger partial charge in [0.25, 0.3) is 0 Å². The summed E-state index contributed by atoms with van der Waals surface area (Å²) in [4.78, 5) is 4.12. The first-order valence-corrected chi connectivity index (χ1v) is 4.99. The number of nitrogen functional groups attached to an aromatic ring is 1. The first kappa shape index (κ1) is 10.0. The molecule has 1 aromatic rings. The van der Waals surface area contributed by atoms with Crippen LogP contribution in [0.4, 0.5) is 5.69 Å². The van der Waals surface area contributed by atoms with Crippen LogP contribution in [0.15, 0.2) is 18.5 Å². The Morgan fingerprint density at radius 1 is 1.46 bits per heavy atom. The lowest BCUT2D eigenvalue weighted by atomic mass is 9.92. The highest BCUT2D eigenvalue weighted by atomic mass is 14.7. The lowest BCUT2D eigenvalue weighted by Crippen LogP contribution is -2.02. The Kier molecular flexibility index (Phi) is 3.74. The van der Waals surface area contributed by atoms with Gasteiger partial charge >= 0.3 is 0 Å². The molecule has 2 heteroatoms. The third kappa shape index (κ3) is 2.44. The van der Waals surface area contributed by atoms with Crippen molar-refractivity contribution in [1.29, 1.82) is 0 Å². The molecule has 0 aliphatic heterocycles. The van der Waals surface area contributed by atoms with Crippen molar-refractivity contribution in [3.63, 3.8) is 0 Å². The van der Waals surface area contributed by atoms with Crippen LogP contribution in [0.25, 0.3) is 0 Å². The highest BCUT2D eigenvalue weighted by Gasteiger charge is 2.10. The van der Waals surface area contributed by atoms with Crippen LogP contribution < -0.4 is 5.73 Å². The number of hydrogen-bond donors (Lipinski definition) is 1. The van der Waals surface area contributed by atoms with E-state index in [1.807, 2.05) is 12.3 Å². The third-order valence-corrected chi connectivity index (χ3v) is 2.46. The minimum atomic E-state index is 0.582. The van der Waals surface area contributed by atoms with Gasteiger partial charge in [-0.25, -0.2) is 0 Å². The summed E-state index contributed by atoms with van der Waals surface area (Å²) >= 11 is 0. The van der Waals surface area contributed by atoms with Crippen molar-refractivity contribution in [2.75, 3.05) is 5.73 Å². The maximum absolute atomic E-state index is 5.89. The molecule has 0 saturated heterocycles. The van der Waals surface area contributed by atoms with Gasteiger partial charge in [-0.05, 0) is 30.4 Å². The monoisotopic (exact) mass is 178 g/mol. The van der Waals surface area contributed by atoms with E-state index >= 15 is 0 Å². The fourth-order valence-electron chi connectivity index (χ4n) is 1.69. The molecule has 0 saturated carbocycles. The van der Waals surface area contributed by atoms with Gasteiger partial charge in [0.05, 0.1) is 0 Å². The Labute approximate surface area is 80.2 Å². The molecule has 1 aromatic heterocycles. The van der Waals surface area contributed by atoms with Gasteiger partial charge in [0.2, 0.25) is 0 Å². The highest BCUT2D eigenvalue weighted by Crippen LogP contribution is 2.27. The van der Waals surface area contributed by atoms with E-state index in [0.29, 0.717) is 5.92 Å². The van der Waals surface area contributed by atoms with Crippen LogP contribution in [-0.2, 0) is 0 Å². The molecule has 1 rings (SSSR count). The van der Waals surface area contributed by atoms with Crippen LogP contribution in [0.3, 0.4) is 0 Å². The van der Waals surface area contributed by atoms with Crippen LogP contribution >= 0.6 is 0 Å². The topological polar surface area (TPSA) is 38.9 Å². The summed E-state index contributed by atoms with van der Waals surface area (Å²) in [5.74, 6) is 0.582. The van der Waals surface area contributed by atoms with Crippen molar-refractivity contribution in [3.05, 3.63) is 24.0 Å². The molecule has 0 aliphatic carbocycles. The number of anilines is 1. The summed E-state index contributed by atoms with van der Waals surface area (Å²) in [5.41, 5.74) is 7.99. The maximum Gasteiger partial charge on any atom is 0.0380 e. The molecule has 2 nitrogen and oxygen atoms in total. The summed E-state index contributed by atoms with van der Waals surface area (Å²) in [5, 5.41) is 0. The van der Waals surface area contributed by atoms with Gasteiger partial charge in [-0.3, -0.25) is 4.98 Å². The van der Waals surface area contributed by atoms with E-state index in [1.54, 1.807) is 6.20 Å². The zero-order valence-electron chi connectivity index (χ0n) is 8.46. The van der Waals surface area contributed by atoms with Crippen molar-refractivity contribution in [3.8, 4) is 0 Å². The fourth-order valence-corrected chi connectivity index (χ4v) is 1.69. The average Bonchev–Trinajstić information content (AvgIpc) is 2.16. The Balaban J connectivity index is 2.84. The Morgan fingerprint density at radius 3 is 2.77 bits per heavy atom. The third-order valence-electron chi connectivity index (χ3n) is 2.46. The quantitative estimate of drug-likeness (QED) is 0.769. The maximum atomic E-state index is 5.89. The second-order valence-electron chi connectivity index (χ2n) is 3.40. The molecule has 13 heavy (non-hydrogen) atoms. The molecule has 0 bridgehead atoms. The molecular weight excluding hydrogens is 160 g/mol. The van der Waals surface area contributed by atoms with Gasteiger partial charge in [-0.1, -0.05) is 20.3 Å². The molecule has 0 amide bonds. The number of hydrogen-bond acceptors (Lipinski definition) is 2. The fraction of sp³-hybridized carbons (Fsp3) is 0.545. The van der Waals surface area contributed by atoms with E-state index in [-0.39, 0.29) is 0 Å². The number of pyridine rings is 1. The van der Waals surface area contributed by atoms with Crippen molar-refractivity contribution in [2.45, 2.75) is 39.0 Å². The Morgan fingerprint density at radius 2 is 2.23 bits per heavy atom. The first-order chi connectivity index (χ1) is 6.29. The molecule has 1 heterocycles. The van der Waals surface area contributed by atoms with Crippen LogP contribution in [0, 0.1) is 0 Å². The van der Waals surface area contributed by atoms with Crippen LogP contribution in [0.2, 0.25) is 0 Å². The molecule has 0 aromatic carbocycles. The molecule has 0 aliphatic rings. The highest BCUT2D eigenvalue weighted by molar-refractivity contribution is 5.46. The van der Waals surface area contributed by atoms with Crippen LogP contribution in [-0.4, -0.2) is 4.98 Å². The summed E-state index contributed by atoms with van der Waals surface area (Å²) in [7, 11) is 0. The van der Waals surface area contributed by atoms with Gasteiger partial charge < -0.3 is 5.73 Å². The molecule has 0 radical (unpaired) electrons. The van der Waals surface area contributed by atoms with E-state index < -0.39 is 0 Å².